The van der Waals surface area contributed by atoms with Gasteiger partial charge >= 0.3 is 17.9 Å². The first kappa shape index (κ1) is 69.0. The molecule has 0 saturated carbocycles. The molecule has 0 radical (unpaired) electrons. The van der Waals surface area contributed by atoms with Gasteiger partial charge in [0.1, 0.15) is 13.2 Å². The molecule has 0 aromatic heterocycles. The summed E-state index contributed by atoms with van der Waals surface area (Å²) in [6, 6.07) is 0. The fourth-order valence-electron chi connectivity index (χ4n) is 7.39. The standard InChI is InChI=1S/C68H106O6/c1-4-7-10-13-16-19-22-25-28-30-32-33-34-35-37-38-40-43-46-49-52-55-58-61-67(70)73-64-65(63-72-66(69)60-57-54-51-48-45-42-27-24-21-18-15-12-9-6-3)74-68(71)62-59-56-53-50-47-44-41-39-36-31-29-26-23-20-17-14-11-8-5-2/h7-8,10-11,15-20,24-29,32-33,35-37,39,44,47,53,56,65H,4-6,9,12-14,21-23,30-31,34,38,40-43,45-46,48-52,54-55,57-64H2,1-3H3/b10-7-,11-8-,18-15-,19-16-,20-17-,27-24-,28-25-,29-26-,33-32-,37-35-,39-36-,47-44-,56-53-. The highest BCUT2D eigenvalue weighted by atomic mass is 16.6. The summed E-state index contributed by atoms with van der Waals surface area (Å²) in [5, 5.41) is 0. The van der Waals surface area contributed by atoms with Crippen LogP contribution in [0, 0.1) is 0 Å². The van der Waals surface area contributed by atoms with Gasteiger partial charge in [-0.05, 0) is 128 Å². The van der Waals surface area contributed by atoms with E-state index in [1.165, 1.54) is 38.5 Å². The molecule has 0 aliphatic rings. The molecule has 0 saturated heterocycles. The monoisotopic (exact) mass is 1020 g/mol. The van der Waals surface area contributed by atoms with Crippen LogP contribution in [0.2, 0.25) is 0 Å². The lowest BCUT2D eigenvalue weighted by Gasteiger charge is -2.18. The van der Waals surface area contributed by atoms with E-state index in [0.29, 0.717) is 19.3 Å². The van der Waals surface area contributed by atoms with E-state index in [9.17, 15) is 14.4 Å². The first-order valence-corrected chi connectivity index (χ1v) is 29.5. The van der Waals surface area contributed by atoms with Crippen molar-refractivity contribution in [2.75, 3.05) is 13.2 Å². The van der Waals surface area contributed by atoms with Gasteiger partial charge < -0.3 is 14.2 Å². The summed E-state index contributed by atoms with van der Waals surface area (Å²) < 4.78 is 16.8. The molecule has 1 atom stereocenters. The molecule has 0 amide bonds. The molecular weight excluding hydrogens is 913 g/mol. The van der Waals surface area contributed by atoms with Crippen LogP contribution >= 0.6 is 0 Å². The molecule has 6 nitrogen and oxygen atoms in total. The molecule has 414 valence electrons. The normalized spacial score (nSPS) is 13.3. The van der Waals surface area contributed by atoms with Crippen molar-refractivity contribution in [1.29, 1.82) is 0 Å². The molecule has 0 N–H and O–H groups in total. The van der Waals surface area contributed by atoms with Crippen molar-refractivity contribution >= 4 is 17.9 Å². The van der Waals surface area contributed by atoms with Gasteiger partial charge in [-0.25, -0.2) is 0 Å². The van der Waals surface area contributed by atoms with Gasteiger partial charge in [-0.2, -0.15) is 0 Å². The number of carbonyl (C=O) groups excluding carboxylic acids is 3. The van der Waals surface area contributed by atoms with Crippen molar-refractivity contribution in [3.63, 3.8) is 0 Å². The Morgan fingerprint density at radius 3 is 0.878 bits per heavy atom. The minimum Gasteiger partial charge on any atom is -0.462 e. The molecule has 1 unspecified atom stereocenters. The highest BCUT2D eigenvalue weighted by molar-refractivity contribution is 5.71. The molecule has 0 bridgehead atoms. The van der Waals surface area contributed by atoms with Gasteiger partial charge in [0.2, 0.25) is 0 Å². The van der Waals surface area contributed by atoms with E-state index >= 15 is 0 Å². The quantitative estimate of drug-likeness (QED) is 0.0261. The number of esters is 3. The maximum absolute atomic E-state index is 12.8. The van der Waals surface area contributed by atoms with E-state index in [2.05, 4.69) is 167 Å². The maximum Gasteiger partial charge on any atom is 0.306 e. The van der Waals surface area contributed by atoms with E-state index in [4.69, 9.17) is 14.2 Å². The summed E-state index contributed by atoms with van der Waals surface area (Å²) in [4.78, 5) is 38.2. The number of hydrogen-bond acceptors (Lipinski definition) is 6. The molecule has 0 rings (SSSR count). The van der Waals surface area contributed by atoms with Gasteiger partial charge in [-0.15, -0.1) is 0 Å². The fourth-order valence-corrected chi connectivity index (χ4v) is 7.39. The first-order valence-electron chi connectivity index (χ1n) is 29.5. The summed E-state index contributed by atoms with van der Waals surface area (Å²) in [6.45, 7) is 6.27. The zero-order chi connectivity index (χ0) is 53.6. The molecule has 0 aromatic rings. The second kappa shape index (κ2) is 60.6. The van der Waals surface area contributed by atoms with Crippen LogP contribution in [0.15, 0.2) is 158 Å². The van der Waals surface area contributed by atoms with Crippen LogP contribution in [-0.4, -0.2) is 37.2 Å². The SMILES string of the molecule is CC/C=C\C/C=C\C/C=C\C/C=C\C/C=C\C/C=C\CCC(=O)OC(COC(=O)CCCCCCC/C=C\C/C=C\CCCC)COC(=O)CCCCCCCCC/C=C\C/C=C\C/C=C\C/C=C\C/C=C\CC. The molecule has 0 aliphatic carbocycles. The van der Waals surface area contributed by atoms with Crippen molar-refractivity contribution in [3.8, 4) is 0 Å². The van der Waals surface area contributed by atoms with Crippen LogP contribution in [-0.2, 0) is 28.6 Å². The lowest BCUT2D eigenvalue weighted by Crippen LogP contribution is -2.30. The zero-order valence-electron chi connectivity index (χ0n) is 47.3. The van der Waals surface area contributed by atoms with Crippen LogP contribution in [0.5, 0.6) is 0 Å². The summed E-state index contributed by atoms with van der Waals surface area (Å²) in [6.07, 6.45) is 88.1. The first-order chi connectivity index (χ1) is 36.5. The predicted octanol–water partition coefficient (Wildman–Crippen LogP) is 20.1. The molecule has 0 fully saturated rings. The molecule has 0 spiro atoms. The molecule has 0 aliphatic heterocycles. The molecular formula is C68H106O6. The lowest BCUT2D eigenvalue weighted by atomic mass is 10.1. The van der Waals surface area contributed by atoms with Crippen molar-refractivity contribution in [1.82, 2.24) is 0 Å². The number of allylic oxidation sites excluding steroid dienone is 26. The van der Waals surface area contributed by atoms with Crippen molar-refractivity contribution < 1.29 is 28.6 Å². The second-order valence-electron chi connectivity index (χ2n) is 18.8. The Morgan fingerprint density at radius 2 is 0.554 bits per heavy atom. The third kappa shape index (κ3) is 57.9. The maximum atomic E-state index is 12.8. The summed E-state index contributed by atoms with van der Waals surface area (Å²) >= 11 is 0. The van der Waals surface area contributed by atoms with E-state index < -0.39 is 12.1 Å². The van der Waals surface area contributed by atoms with Crippen molar-refractivity contribution in [3.05, 3.63) is 158 Å². The molecule has 0 aromatic carbocycles. The Morgan fingerprint density at radius 1 is 0.284 bits per heavy atom. The minimum absolute atomic E-state index is 0.126. The Kier molecular flexibility index (Phi) is 56.5. The van der Waals surface area contributed by atoms with Crippen molar-refractivity contribution in [2.45, 2.75) is 239 Å². The van der Waals surface area contributed by atoms with E-state index in [0.717, 1.165) is 148 Å². The molecule has 0 heterocycles. The largest absolute Gasteiger partial charge is 0.462 e. The summed E-state index contributed by atoms with van der Waals surface area (Å²) in [5.41, 5.74) is 0. The van der Waals surface area contributed by atoms with Gasteiger partial charge in [0.25, 0.3) is 0 Å². The number of rotatable bonds is 51. The molecule has 6 heteroatoms. The Bertz CT molecular complexity index is 1690. The van der Waals surface area contributed by atoms with Crippen molar-refractivity contribution in [2.24, 2.45) is 0 Å². The highest BCUT2D eigenvalue weighted by Crippen LogP contribution is 2.13. The second-order valence-corrected chi connectivity index (χ2v) is 18.8. The zero-order valence-corrected chi connectivity index (χ0v) is 47.3. The summed E-state index contributed by atoms with van der Waals surface area (Å²) in [5.74, 6) is -1.04. The van der Waals surface area contributed by atoms with E-state index in [-0.39, 0.29) is 31.6 Å². The van der Waals surface area contributed by atoms with Crippen LogP contribution in [0.4, 0.5) is 0 Å². The highest BCUT2D eigenvalue weighted by Gasteiger charge is 2.19. The average molecular weight is 1020 g/mol. The number of ether oxygens (including phenoxy) is 3. The minimum atomic E-state index is -0.838. The van der Waals surface area contributed by atoms with E-state index in [1.54, 1.807) is 0 Å². The lowest BCUT2D eigenvalue weighted by molar-refractivity contribution is -0.166. The topological polar surface area (TPSA) is 78.9 Å². The Hall–Kier alpha value is -4.97. The van der Waals surface area contributed by atoms with Gasteiger partial charge in [0.05, 0.1) is 0 Å². The predicted molar refractivity (Wildman–Crippen MR) is 320 cm³/mol. The third-order valence-corrected chi connectivity index (χ3v) is 11.8. The number of unbranched alkanes of at least 4 members (excludes halogenated alkanes) is 14. The fraction of sp³-hybridized carbons (Fsp3) is 0.574. The van der Waals surface area contributed by atoms with E-state index in [1.807, 2.05) is 12.2 Å². The third-order valence-electron chi connectivity index (χ3n) is 11.8. The average Bonchev–Trinajstić information content (AvgIpc) is 3.40. The number of carbonyl (C=O) groups is 3. The van der Waals surface area contributed by atoms with Crippen LogP contribution in [0.1, 0.15) is 233 Å². The summed E-state index contributed by atoms with van der Waals surface area (Å²) in [7, 11) is 0. The smallest absolute Gasteiger partial charge is 0.306 e. The Labute approximate surface area is 454 Å². The van der Waals surface area contributed by atoms with Gasteiger partial charge in [-0.1, -0.05) is 243 Å². The number of hydrogen-bond donors (Lipinski definition) is 0. The van der Waals surface area contributed by atoms with Gasteiger partial charge in [0.15, 0.2) is 6.10 Å². The van der Waals surface area contributed by atoms with Crippen LogP contribution < -0.4 is 0 Å². The van der Waals surface area contributed by atoms with Crippen LogP contribution in [0.25, 0.3) is 0 Å². The van der Waals surface area contributed by atoms with Gasteiger partial charge in [0, 0.05) is 19.3 Å². The molecule has 74 heavy (non-hydrogen) atoms. The Balaban J connectivity index is 4.54. The van der Waals surface area contributed by atoms with Gasteiger partial charge in [-0.3, -0.25) is 14.4 Å². The van der Waals surface area contributed by atoms with Crippen LogP contribution in [0.3, 0.4) is 0 Å².